The molecule has 1 aliphatic heterocycles. The number of benzene rings is 2. The summed E-state index contributed by atoms with van der Waals surface area (Å²) in [4.78, 5) is 28.0. The van der Waals surface area contributed by atoms with Crippen molar-refractivity contribution in [3.63, 3.8) is 0 Å². The van der Waals surface area contributed by atoms with E-state index in [0.29, 0.717) is 32.8 Å². The largest absolute Gasteiger partial charge is 0.370 e. The van der Waals surface area contributed by atoms with Crippen LogP contribution in [0, 0.1) is 5.82 Å². The highest BCUT2D eigenvalue weighted by atomic mass is 19.1. The summed E-state index contributed by atoms with van der Waals surface area (Å²) in [6, 6.07) is 14.0. The van der Waals surface area contributed by atoms with Crippen molar-refractivity contribution < 1.29 is 18.7 Å². The van der Waals surface area contributed by atoms with Gasteiger partial charge in [0.05, 0.1) is 19.3 Å². The summed E-state index contributed by atoms with van der Waals surface area (Å²) in [5.74, 6) is -0.302. The van der Waals surface area contributed by atoms with E-state index in [1.54, 1.807) is 12.1 Å². The van der Waals surface area contributed by atoms with Gasteiger partial charge in [0.25, 0.3) is 0 Å². The van der Waals surface area contributed by atoms with Crippen LogP contribution in [0.4, 0.5) is 10.1 Å². The van der Waals surface area contributed by atoms with Crippen molar-refractivity contribution >= 4 is 17.5 Å². The average Bonchev–Trinajstić information content (AvgIpc) is 2.87. The van der Waals surface area contributed by atoms with Crippen LogP contribution in [0.3, 0.4) is 0 Å². The van der Waals surface area contributed by atoms with Gasteiger partial charge >= 0.3 is 0 Å². The Morgan fingerprint density at radius 2 is 1.74 bits per heavy atom. The third kappa shape index (κ3) is 6.87. The number of rotatable bonds is 7. The van der Waals surface area contributed by atoms with E-state index in [4.69, 9.17) is 4.74 Å². The van der Waals surface area contributed by atoms with E-state index in [0.717, 1.165) is 16.8 Å². The summed E-state index contributed by atoms with van der Waals surface area (Å²) in [6.07, 6.45) is -0.155. The van der Waals surface area contributed by atoms with Crippen LogP contribution in [0.1, 0.15) is 31.9 Å². The third-order valence-corrected chi connectivity index (χ3v) is 5.24. The summed E-state index contributed by atoms with van der Waals surface area (Å²) in [6.45, 7) is 7.92. The maximum atomic E-state index is 13.2. The minimum atomic E-state index is -0.273. The number of hydrogen-bond acceptors (Lipinski definition) is 4. The second-order valence-electron chi connectivity index (χ2n) is 8.25. The lowest BCUT2D eigenvalue weighted by atomic mass is 10.2. The van der Waals surface area contributed by atoms with E-state index >= 15 is 0 Å². The maximum Gasteiger partial charge on any atom is 0.237 e. The van der Waals surface area contributed by atoms with Gasteiger partial charge in [-0.05, 0) is 49.2 Å². The number of carbonyl (C=O) groups is 2. The minimum Gasteiger partial charge on any atom is -0.370 e. The molecule has 6 nitrogen and oxygen atoms in total. The van der Waals surface area contributed by atoms with Crippen LogP contribution in [-0.4, -0.2) is 53.4 Å². The van der Waals surface area contributed by atoms with Gasteiger partial charge in [-0.3, -0.25) is 14.5 Å². The maximum absolute atomic E-state index is 13.2. The molecule has 0 spiro atoms. The average molecular weight is 428 g/mol. The molecule has 0 bridgehead atoms. The molecule has 0 radical (unpaired) electrons. The lowest BCUT2D eigenvalue weighted by Gasteiger charge is -2.27. The van der Waals surface area contributed by atoms with Crippen molar-refractivity contribution in [1.82, 2.24) is 9.80 Å². The van der Waals surface area contributed by atoms with Crippen LogP contribution in [0.25, 0.3) is 0 Å². The van der Waals surface area contributed by atoms with E-state index in [1.807, 2.05) is 43.0 Å². The topological polar surface area (TPSA) is 61.9 Å². The molecule has 0 saturated carbocycles. The Balaban J connectivity index is 1.68. The SMILES string of the molecule is CC(=O)Nc1ccc(CN2CC(=O)N(C(C)C)C[C@@H](OCc3ccc(F)cc3)C2)cc1. The standard InChI is InChI=1S/C24H30FN3O3/c1-17(2)28-14-23(31-16-20-4-8-21(25)9-5-20)13-27(15-24(28)30)12-19-6-10-22(11-7-19)26-18(3)29/h4-11,17,23H,12-16H2,1-3H3,(H,26,29)/t23-/m0/s1. The first-order valence-electron chi connectivity index (χ1n) is 10.5. The molecule has 2 aromatic rings. The number of amides is 2. The van der Waals surface area contributed by atoms with E-state index in [2.05, 4.69) is 10.2 Å². The number of halogens is 1. The fourth-order valence-electron chi connectivity index (χ4n) is 3.69. The van der Waals surface area contributed by atoms with E-state index < -0.39 is 0 Å². The highest BCUT2D eigenvalue weighted by molar-refractivity contribution is 5.88. The number of anilines is 1. The quantitative estimate of drug-likeness (QED) is 0.736. The predicted molar refractivity (Wildman–Crippen MR) is 118 cm³/mol. The smallest absolute Gasteiger partial charge is 0.237 e. The van der Waals surface area contributed by atoms with Gasteiger partial charge in [-0.1, -0.05) is 24.3 Å². The normalized spacial score (nSPS) is 17.6. The molecule has 0 aliphatic carbocycles. The molecule has 1 heterocycles. The fraction of sp³-hybridized carbons (Fsp3) is 0.417. The molecule has 3 rings (SSSR count). The first kappa shape index (κ1) is 22.9. The predicted octanol–water partition coefficient (Wildman–Crippen LogP) is 3.42. The Labute approximate surface area is 183 Å². The Hall–Kier alpha value is -2.77. The molecule has 1 aliphatic rings. The Morgan fingerprint density at radius 1 is 1.10 bits per heavy atom. The van der Waals surface area contributed by atoms with Gasteiger partial charge in [0.2, 0.25) is 11.8 Å². The van der Waals surface area contributed by atoms with Gasteiger partial charge < -0.3 is 15.0 Å². The van der Waals surface area contributed by atoms with Crippen LogP contribution in [0.5, 0.6) is 0 Å². The number of carbonyl (C=O) groups excluding carboxylic acids is 2. The molecular weight excluding hydrogens is 397 g/mol. The Bertz CT molecular complexity index is 884. The van der Waals surface area contributed by atoms with E-state index in [1.165, 1.54) is 19.1 Å². The number of nitrogens with zero attached hydrogens (tertiary/aromatic N) is 2. The fourth-order valence-corrected chi connectivity index (χ4v) is 3.69. The van der Waals surface area contributed by atoms with Gasteiger partial charge in [0.15, 0.2) is 0 Å². The first-order chi connectivity index (χ1) is 14.8. The second kappa shape index (κ2) is 10.5. The molecule has 7 heteroatoms. The molecule has 2 amide bonds. The monoisotopic (exact) mass is 427 g/mol. The van der Waals surface area contributed by atoms with Gasteiger partial charge in [-0.25, -0.2) is 4.39 Å². The van der Waals surface area contributed by atoms with Crippen molar-refractivity contribution in [3.8, 4) is 0 Å². The molecular formula is C24H30FN3O3. The summed E-state index contributed by atoms with van der Waals surface area (Å²) >= 11 is 0. The highest BCUT2D eigenvalue weighted by Gasteiger charge is 2.29. The Morgan fingerprint density at radius 3 is 2.35 bits per heavy atom. The van der Waals surface area contributed by atoms with Gasteiger partial charge in [-0.2, -0.15) is 0 Å². The molecule has 0 aromatic heterocycles. The Kier molecular flexibility index (Phi) is 7.76. The molecule has 31 heavy (non-hydrogen) atoms. The van der Waals surface area contributed by atoms with Crippen LogP contribution >= 0.6 is 0 Å². The van der Waals surface area contributed by atoms with Crippen molar-refractivity contribution in [2.45, 2.75) is 46.1 Å². The number of nitrogens with one attached hydrogen (secondary N) is 1. The van der Waals surface area contributed by atoms with Crippen molar-refractivity contribution in [1.29, 1.82) is 0 Å². The van der Waals surface area contributed by atoms with Crippen LogP contribution in [0.15, 0.2) is 48.5 Å². The van der Waals surface area contributed by atoms with Gasteiger partial charge in [0.1, 0.15) is 5.82 Å². The van der Waals surface area contributed by atoms with Crippen LogP contribution in [0.2, 0.25) is 0 Å². The minimum absolute atomic E-state index is 0.0812. The summed E-state index contributed by atoms with van der Waals surface area (Å²) in [7, 11) is 0. The van der Waals surface area contributed by atoms with Crippen LogP contribution < -0.4 is 5.32 Å². The highest BCUT2D eigenvalue weighted by Crippen LogP contribution is 2.17. The second-order valence-corrected chi connectivity index (χ2v) is 8.25. The molecule has 1 atom stereocenters. The third-order valence-electron chi connectivity index (χ3n) is 5.24. The molecule has 0 unspecified atom stereocenters. The molecule has 1 fully saturated rings. The van der Waals surface area contributed by atoms with Gasteiger partial charge in [0, 0.05) is 38.3 Å². The van der Waals surface area contributed by atoms with Crippen molar-refractivity contribution in [2.75, 3.05) is 25.0 Å². The zero-order chi connectivity index (χ0) is 22.4. The summed E-state index contributed by atoms with van der Waals surface area (Å²) in [5, 5.41) is 2.76. The zero-order valence-corrected chi connectivity index (χ0v) is 18.3. The van der Waals surface area contributed by atoms with Crippen molar-refractivity contribution in [3.05, 3.63) is 65.5 Å². The number of hydrogen-bond donors (Lipinski definition) is 1. The number of ether oxygens (including phenoxy) is 1. The molecule has 1 N–H and O–H groups in total. The van der Waals surface area contributed by atoms with Gasteiger partial charge in [-0.15, -0.1) is 0 Å². The lowest BCUT2D eigenvalue weighted by molar-refractivity contribution is -0.133. The van der Waals surface area contributed by atoms with E-state index in [9.17, 15) is 14.0 Å². The summed E-state index contributed by atoms with van der Waals surface area (Å²) in [5.41, 5.74) is 2.69. The molecule has 1 saturated heterocycles. The van der Waals surface area contributed by atoms with Crippen LogP contribution in [-0.2, 0) is 27.5 Å². The van der Waals surface area contributed by atoms with Crippen molar-refractivity contribution in [2.24, 2.45) is 0 Å². The zero-order valence-electron chi connectivity index (χ0n) is 18.3. The first-order valence-corrected chi connectivity index (χ1v) is 10.5. The lowest BCUT2D eigenvalue weighted by Crippen LogP contribution is -2.42. The molecule has 2 aromatic carbocycles. The summed E-state index contributed by atoms with van der Waals surface area (Å²) < 4.78 is 19.3. The van der Waals surface area contributed by atoms with E-state index in [-0.39, 0.29) is 29.8 Å². The molecule has 166 valence electrons.